The van der Waals surface area contributed by atoms with E-state index in [9.17, 15) is 4.79 Å². The van der Waals surface area contributed by atoms with Gasteiger partial charge in [0.1, 0.15) is 0 Å². The fourth-order valence-corrected chi connectivity index (χ4v) is 3.64. The lowest BCUT2D eigenvalue weighted by atomic mass is 10.1. The van der Waals surface area contributed by atoms with Crippen molar-refractivity contribution in [1.29, 1.82) is 0 Å². The first kappa shape index (κ1) is 15.7. The number of likely N-dealkylation sites (tertiary alicyclic amines) is 1. The smallest absolute Gasteiger partial charge is 0.317 e. The number of aromatic amines is 1. The van der Waals surface area contributed by atoms with Gasteiger partial charge in [-0.15, -0.1) is 0 Å². The zero-order valence-corrected chi connectivity index (χ0v) is 14.4. The van der Waals surface area contributed by atoms with Crippen LogP contribution < -0.4 is 5.32 Å². The number of rotatable bonds is 4. The molecule has 1 saturated heterocycles. The zero-order chi connectivity index (χ0) is 17.2. The van der Waals surface area contributed by atoms with Crippen LogP contribution in [0.4, 0.5) is 4.79 Å². The zero-order valence-electron chi connectivity index (χ0n) is 14.4. The van der Waals surface area contributed by atoms with Crippen LogP contribution in [0.5, 0.6) is 0 Å². The fraction of sp³-hybridized carbons (Fsp3) is 0.368. The molecular formula is C19H23N5O. The van der Waals surface area contributed by atoms with E-state index in [-0.39, 0.29) is 12.1 Å². The van der Waals surface area contributed by atoms with Crippen LogP contribution in [-0.4, -0.2) is 38.8 Å². The molecule has 0 saturated carbocycles. The molecule has 3 heterocycles. The lowest BCUT2D eigenvalue weighted by Gasteiger charge is -2.24. The summed E-state index contributed by atoms with van der Waals surface area (Å²) in [6.45, 7) is 1.43. The molecule has 6 nitrogen and oxygen atoms in total. The third-order valence-electron chi connectivity index (χ3n) is 4.88. The van der Waals surface area contributed by atoms with E-state index in [0.29, 0.717) is 6.54 Å². The first-order valence-corrected chi connectivity index (χ1v) is 8.80. The molecule has 6 heteroatoms. The van der Waals surface area contributed by atoms with Gasteiger partial charge in [-0.2, -0.15) is 5.10 Å². The molecule has 2 amide bonds. The second kappa shape index (κ2) is 6.63. The summed E-state index contributed by atoms with van der Waals surface area (Å²) < 4.78 is 1.79. The number of benzene rings is 1. The maximum absolute atomic E-state index is 12.6. The van der Waals surface area contributed by atoms with Gasteiger partial charge in [0.25, 0.3) is 0 Å². The Labute approximate surface area is 146 Å². The number of carbonyl (C=O) groups excluding carboxylic acids is 1. The van der Waals surface area contributed by atoms with Crippen LogP contribution >= 0.6 is 0 Å². The van der Waals surface area contributed by atoms with Gasteiger partial charge in [-0.25, -0.2) is 4.79 Å². The Bertz CT molecular complexity index is 848. The van der Waals surface area contributed by atoms with Crippen molar-refractivity contribution < 1.29 is 4.79 Å². The van der Waals surface area contributed by atoms with Crippen LogP contribution in [0.25, 0.3) is 10.9 Å². The predicted octanol–water partition coefficient (Wildman–Crippen LogP) is 2.99. The van der Waals surface area contributed by atoms with Gasteiger partial charge in [0.2, 0.25) is 0 Å². The van der Waals surface area contributed by atoms with Gasteiger partial charge < -0.3 is 15.2 Å². The molecule has 0 spiro atoms. The van der Waals surface area contributed by atoms with E-state index in [0.717, 1.165) is 42.6 Å². The number of aryl methyl sites for hydroxylation is 1. The Balaban J connectivity index is 1.35. The average molecular weight is 337 g/mol. The largest absolute Gasteiger partial charge is 0.358 e. The normalized spacial score (nSPS) is 17.3. The highest BCUT2D eigenvalue weighted by Crippen LogP contribution is 2.31. The van der Waals surface area contributed by atoms with Crippen molar-refractivity contribution in [1.82, 2.24) is 25.0 Å². The lowest BCUT2D eigenvalue weighted by molar-refractivity contribution is 0.193. The molecule has 4 rings (SSSR count). The number of hydrogen-bond donors (Lipinski definition) is 2. The van der Waals surface area contributed by atoms with Crippen LogP contribution in [0.3, 0.4) is 0 Å². The Hall–Kier alpha value is -2.76. The number of fused-ring (bicyclic) bond motifs is 1. The fourth-order valence-electron chi connectivity index (χ4n) is 3.64. The highest BCUT2D eigenvalue weighted by Gasteiger charge is 2.30. The number of urea groups is 1. The Morgan fingerprint density at radius 3 is 3.08 bits per heavy atom. The summed E-state index contributed by atoms with van der Waals surface area (Å²) in [6, 6.07) is 10.5. The molecule has 0 aliphatic carbocycles. The first-order valence-electron chi connectivity index (χ1n) is 8.80. The van der Waals surface area contributed by atoms with Crippen LogP contribution in [0.2, 0.25) is 0 Å². The van der Waals surface area contributed by atoms with E-state index in [1.807, 2.05) is 36.5 Å². The Morgan fingerprint density at radius 2 is 2.28 bits per heavy atom. The molecule has 130 valence electrons. The van der Waals surface area contributed by atoms with Crippen LogP contribution in [0.15, 0.2) is 42.7 Å². The van der Waals surface area contributed by atoms with Gasteiger partial charge in [-0.1, -0.05) is 18.2 Å². The van der Waals surface area contributed by atoms with Crippen molar-refractivity contribution in [3.8, 4) is 0 Å². The van der Waals surface area contributed by atoms with Crippen molar-refractivity contribution in [2.45, 2.75) is 25.3 Å². The number of nitrogens with zero attached hydrogens (tertiary/aromatic N) is 3. The minimum absolute atomic E-state index is 0.0162. The van der Waals surface area contributed by atoms with Gasteiger partial charge in [0, 0.05) is 49.5 Å². The molecule has 1 aliphatic rings. The van der Waals surface area contributed by atoms with Gasteiger partial charge >= 0.3 is 6.03 Å². The lowest BCUT2D eigenvalue weighted by Crippen LogP contribution is -2.40. The summed E-state index contributed by atoms with van der Waals surface area (Å²) >= 11 is 0. The number of H-pyrrole nitrogens is 1. The maximum atomic E-state index is 12.6. The van der Waals surface area contributed by atoms with Crippen LogP contribution in [-0.2, 0) is 13.5 Å². The standard InChI is InChI=1S/C19H23N5O/c1-23-13-15(12-21-23)18-7-4-10-24(18)19(25)20-9-8-16-11-14-5-2-3-6-17(14)22-16/h2-3,5-6,11-13,18,22H,4,7-10H2,1H3,(H,20,25). The van der Waals surface area contributed by atoms with Gasteiger partial charge in [0.05, 0.1) is 12.2 Å². The monoisotopic (exact) mass is 337 g/mol. The first-order chi connectivity index (χ1) is 12.2. The van der Waals surface area contributed by atoms with Crippen molar-refractivity contribution in [3.63, 3.8) is 0 Å². The van der Waals surface area contributed by atoms with Crippen molar-refractivity contribution in [2.75, 3.05) is 13.1 Å². The van der Waals surface area contributed by atoms with Crippen molar-refractivity contribution in [2.24, 2.45) is 7.05 Å². The van der Waals surface area contributed by atoms with Gasteiger partial charge in [-0.3, -0.25) is 4.68 Å². The van der Waals surface area contributed by atoms with E-state index >= 15 is 0 Å². The average Bonchev–Trinajstić information content (AvgIpc) is 3.32. The van der Waals surface area contributed by atoms with E-state index in [1.165, 1.54) is 5.39 Å². The topological polar surface area (TPSA) is 66.0 Å². The third-order valence-corrected chi connectivity index (χ3v) is 4.88. The molecule has 0 bridgehead atoms. The molecule has 1 aliphatic heterocycles. The minimum atomic E-state index is 0.0162. The summed E-state index contributed by atoms with van der Waals surface area (Å²) in [5, 5.41) is 8.50. The molecular weight excluding hydrogens is 314 g/mol. The van der Waals surface area contributed by atoms with E-state index in [4.69, 9.17) is 0 Å². The quantitative estimate of drug-likeness (QED) is 0.768. The summed E-state index contributed by atoms with van der Waals surface area (Å²) in [5.74, 6) is 0. The number of carbonyl (C=O) groups is 1. The second-order valence-electron chi connectivity index (χ2n) is 6.66. The number of nitrogens with one attached hydrogen (secondary N) is 2. The predicted molar refractivity (Wildman–Crippen MR) is 97.3 cm³/mol. The molecule has 1 aromatic carbocycles. The molecule has 3 aromatic rings. The molecule has 2 N–H and O–H groups in total. The van der Waals surface area contributed by atoms with Gasteiger partial charge in [0.15, 0.2) is 0 Å². The second-order valence-corrected chi connectivity index (χ2v) is 6.66. The highest BCUT2D eigenvalue weighted by atomic mass is 16.2. The number of para-hydroxylation sites is 1. The highest BCUT2D eigenvalue weighted by molar-refractivity contribution is 5.80. The van der Waals surface area contributed by atoms with Crippen molar-refractivity contribution in [3.05, 3.63) is 54.0 Å². The SMILES string of the molecule is Cn1cc(C2CCCN2C(=O)NCCc2cc3ccccc3[nH]2)cn1. The van der Waals surface area contributed by atoms with Crippen LogP contribution in [0.1, 0.15) is 30.1 Å². The van der Waals surface area contributed by atoms with E-state index in [1.54, 1.807) is 4.68 Å². The number of hydrogen-bond acceptors (Lipinski definition) is 2. The maximum Gasteiger partial charge on any atom is 0.317 e. The minimum Gasteiger partial charge on any atom is -0.358 e. The van der Waals surface area contributed by atoms with E-state index in [2.05, 4.69) is 33.6 Å². The van der Waals surface area contributed by atoms with E-state index < -0.39 is 0 Å². The van der Waals surface area contributed by atoms with Crippen molar-refractivity contribution >= 4 is 16.9 Å². The summed E-state index contributed by atoms with van der Waals surface area (Å²) in [6.07, 6.45) is 6.70. The number of amides is 2. The number of aromatic nitrogens is 3. The summed E-state index contributed by atoms with van der Waals surface area (Å²) in [5.41, 5.74) is 3.40. The van der Waals surface area contributed by atoms with Crippen LogP contribution in [0, 0.1) is 0 Å². The summed E-state index contributed by atoms with van der Waals surface area (Å²) in [4.78, 5) is 17.9. The molecule has 0 radical (unpaired) electrons. The third kappa shape index (κ3) is 3.24. The molecule has 25 heavy (non-hydrogen) atoms. The molecule has 1 atom stereocenters. The Kier molecular flexibility index (Phi) is 4.17. The Morgan fingerprint density at radius 1 is 1.40 bits per heavy atom. The molecule has 2 aromatic heterocycles. The molecule has 1 unspecified atom stereocenters. The van der Waals surface area contributed by atoms with Gasteiger partial charge in [-0.05, 0) is 30.4 Å². The molecule has 1 fully saturated rings. The summed E-state index contributed by atoms with van der Waals surface area (Å²) in [7, 11) is 1.91.